The highest BCUT2D eigenvalue weighted by Gasteiger charge is 2.14. The standard InChI is InChI=1S/C15H19NS2/c1-10-4-6-13(11(2)8-10)18-15(9-16)14-7-5-12(3)17-14/h4-8,15H,9,16H2,1-3H3. The highest BCUT2D eigenvalue weighted by atomic mass is 32.2. The fourth-order valence-electron chi connectivity index (χ4n) is 1.93. The summed E-state index contributed by atoms with van der Waals surface area (Å²) in [5.74, 6) is 0. The molecule has 0 fully saturated rings. The molecule has 0 amide bonds. The average molecular weight is 277 g/mol. The van der Waals surface area contributed by atoms with Crippen molar-refractivity contribution < 1.29 is 0 Å². The predicted molar refractivity (Wildman–Crippen MR) is 82.6 cm³/mol. The lowest BCUT2D eigenvalue weighted by molar-refractivity contribution is 0.959. The van der Waals surface area contributed by atoms with Gasteiger partial charge in [0.1, 0.15) is 0 Å². The number of nitrogens with two attached hydrogens (primary N) is 1. The molecule has 2 aromatic rings. The molecule has 0 bridgehead atoms. The van der Waals surface area contributed by atoms with Crippen LogP contribution in [-0.2, 0) is 0 Å². The molecule has 0 saturated heterocycles. The van der Waals surface area contributed by atoms with E-state index < -0.39 is 0 Å². The SMILES string of the molecule is Cc1ccc(SC(CN)c2ccc(C)s2)c(C)c1. The molecule has 0 saturated carbocycles. The second-order valence-corrected chi connectivity index (χ2v) is 7.12. The van der Waals surface area contributed by atoms with Gasteiger partial charge in [-0.15, -0.1) is 23.1 Å². The summed E-state index contributed by atoms with van der Waals surface area (Å²) >= 11 is 3.72. The third kappa shape index (κ3) is 3.16. The van der Waals surface area contributed by atoms with Gasteiger partial charge in [-0.3, -0.25) is 0 Å². The molecule has 96 valence electrons. The Hall–Kier alpha value is -0.770. The molecule has 1 aromatic heterocycles. The van der Waals surface area contributed by atoms with Gasteiger partial charge in [0.15, 0.2) is 0 Å². The zero-order chi connectivity index (χ0) is 13.1. The first-order valence-electron chi connectivity index (χ1n) is 6.10. The number of thioether (sulfide) groups is 1. The van der Waals surface area contributed by atoms with Crippen LogP contribution in [0, 0.1) is 20.8 Å². The van der Waals surface area contributed by atoms with Gasteiger partial charge in [0.05, 0.1) is 5.25 Å². The Labute approximate surface area is 117 Å². The van der Waals surface area contributed by atoms with E-state index in [4.69, 9.17) is 5.73 Å². The van der Waals surface area contributed by atoms with Gasteiger partial charge >= 0.3 is 0 Å². The van der Waals surface area contributed by atoms with Crippen LogP contribution in [0.25, 0.3) is 0 Å². The monoisotopic (exact) mass is 277 g/mol. The topological polar surface area (TPSA) is 26.0 Å². The molecule has 1 unspecified atom stereocenters. The van der Waals surface area contributed by atoms with Crippen molar-refractivity contribution >= 4 is 23.1 Å². The molecule has 0 radical (unpaired) electrons. The zero-order valence-corrected chi connectivity index (χ0v) is 12.7. The highest BCUT2D eigenvalue weighted by molar-refractivity contribution is 7.99. The van der Waals surface area contributed by atoms with Crippen LogP contribution < -0.4 is 5.73 Å². The third-order valence-electron chi connectivity index (χ3n) is 2.89. The Morgan fingerprint density at radius 1 is 1.17 bits per heavy atom. The molecule has 1 atom stereocenters. The van der Waals surface area contributed by atoms with E-state index in [9.17, 15) is 0 Å². The van der Waals surface area contributed by atoms with Crippen LogP contribution in [0.15, 0.2) is 35.2 Å². The number of hydrogen-bond donors (Lipinski definition) is 1. The summed E-state index contributed by atoms with van der Waals surface area (Å²) in [5.41, 5.74) is 8.58. The van der Waals surface area contributed by atoms with Gasteiger partial charge < -0.3 is 5.73 Å². The minimum Gasteiger partial charge on any atom is -0.329 e. The van der Waals surface area contributed by atoms with Crippen LogP contribution >= 0.6 is 23.1 Å². The molecule has 3 heteroatoms. The highest BCUT2D eigenvalue weighted by Crippen LogP contribution is 2.39. The maximum Gasteiger partial charge on any atom is 0.0560 e. The van der Waals surface area contributed by atoms with Crippen LogP contribution in [-0.4, -0.2) is 6.54 Å². The van der Waals surface area contributed by atoms with Crippen molar-refractivity contribution in [3.05, 3.63) is 51.2 Å². The number of benzene rings is 1. The average Bonchev–Trinajstić information content (AvgIpc) is 2.75. The van der Waals surface area contributed by atoms with Gasteiger partial charge in [-0.05, 0) is 44.5 Å². The molecule has 2 rings (SSSR count). The molecule has 1 nitrogen and oxygen atoms in total. The first-order chi connectivity index (χ1) is 8.60. The third-order valence-corrected chi connectivity index (χ3v) is 5.60. The fourth-order valence-corrected chi connectivity index (χ4v) is 4.08. The van der Waals surface area contributed by atoms with E-state index in [0.717, 1.165) is 0 Å². The molecule has 2 N–H and O–H groups in total. The molecule has 0 aliphatic heterocycles. The Morgan fingerprint density at radius 2 is 1.94 bits per heavy atom. The molecule has 1 aromatic carbocycles. The first-order valence-corrected chi connectivity index (χ1v) is 7.80. The summed E-state index contributed by atoms with van der Waals surface area (Å²) < 4.78 is 0. The maximum atomic E-state index is 5.93. The van der Waals surface area contributed by atoms with E-state index in [1.807, 2.05) is 23.1 Å². The number of aryl methyl sites for hydroxylation is 3. The van der Waals surface area contributed by atoms with E-state index in [1.165, 1.54) is 25.8 Å². The molecular formula is C15H19NS2. The summed E-state index contributed by atoms with van der Waals surface area (Å²) in [6.45, 7) is 7.12. The number of thiophene rings is 1. The molecule has 0 aliphatic carbocycles. The van der Waals surface area contributed by atoms with Crippen molar-refractivity contribution in [2.75, 3.05) is 6.54 Å². The van der Waals surface area contributed by atoms with Gasteiger partial charge in [-0.2, -0.15) is 0 Å². The van der Waals surface area contributed by atoms with Crippen LogP contribution in [0.1, 0.15) is 26.1 Å². The maximum absolute atomic E-state index is 5.93. The Kier molecular flexibility index (Phi) is 4.49. The van der Waals surface area contributed by atoms with Crippen molar-refractivity contribution in [3.63, 3.8) is 0 Å². The van der Waals surface area contributed by atoms with Crippen molar-refractivity contribution in [1.82, 2.24) is 0 Å². The van der Waals surface area contributed by atoms with E-state index in [0.29, 0.717) is 11.8 Å². The van der Waals surface area contributed by atoms with Crippen LogP contribution in [0.2, 0.25) is 0 Å². The number of hydrogen-bond acceptors (Lipinski definition) is 3. The molecular weight excluding hydrogens is 258 g/mol. The van der Waals surface area contributed by atoms with E-state index >= 15 is 0 Å². The van der Waals surface area contributed by atoms with E-state index in [1.54, 1.807) is 0 Å². The van der Waals surface area contributed by atoms with E-state index in [-0.39, 0.29) is 0 Å². The second kappa shape index (κ2) is 5.91. The minimum absolute atomic E-state index is 0.366. The lowest BCUT2D eigenvalue weighted by atomic mass is 10.2. The predicted octanol–water partition coefficient (Wildman–Crippen LogP) is 4.47. The second-order valence-electron chi connectivity index (χ2n) is 4.56. The molecule has 1 heterocycles. The van der Waals surface area contributed by atoms with Crippen molar-refractivity contribution in [2.24, 2.45) is 5.73 Å². The smallest absolute Gasteiger partial charge is 0.0560 e. The quantitative estimate of drug-likeness (QED) is 0.835. The summed E-state index contributed by atoms with van der Waals surface area (Å²) in [6, 6.07) is 11.0. The molecule has 18 heavy (non-hydrogen) atoms. The lowest BCUT2D eigenvalue weighted by Gasteiger charge is -2.14. The molecule has 0 aliphatic rings. The van der Waals surface area contributed by atoms with Gasteiger partial charge in [0, 0.05) is 21.2 Å². The largest absolute Gasteiger partial charge is 0.329 e. The van der Waals surface area contributed by atoms with Crippen LogP contribution in [0.3, 0.4) is 0 Å². The van der Waals surface area contributed by atoms with Crippen molar-refractivity contribution in [2.45, 2.75) is 30.9 Å². The Bertz CT molecular complexity index is 531. The van der Waals surface area contributed by atoms with Crippen molar-refractivity contribution in [3.8, 4) is 0 Å². The zero-order valence-electron chi connectivity index (χ0n) is 11.1. The van der Waals surface area contributed by atoms with Crippen LogP contribution in [0.4, 0.5) is 0 Å². The first kappa shape index (κ1) is 13.7. The van der Waals surface area contributed by atoms with Gasteiger partial charge in [0.25, 0.3) is 0 Å². The minimum atomic E-state index is 0.366. The normalized spacial score (nSPS) is 12.7. The Morgan fingerprint density at radius 3 is 2.50 bits per heavy atom. The van der Waals surface area contributed by atoms with Gasteiger partial charge in [0.2, 0.25) is 0 Å². The van der Waals surface area contributed by atoms with Crippen molar-refractivity contribution in [1.29, 1.82) is 0 Å². The summed E-state index contributed by atoms with van der Waals surface area (Å²) in [7, 11) is 0. The summed E-state index contributed by atoms with van der Waals surface area (Å²) in [4.78, 5) is 4.06. The lowest BCUT2D eigenvalue weighted by Crippen LogP contribution is -2.08. The van der Waals surface area contributed by atoms with Gasteiger partial charge in [-0.25, -0.2) is 0 Å². The number of rotatable bonds is 4. The summed E-state index contributed by atoms with van der Waals surface area (Å²) in [5, 5.41) is 0.366. The summed E-state index contributed by atoms with van der Waals surface area (Å²) in [6.07, 6.45) is 0. The van der Waals surface area contributed by atoms with Crippen LogP contribution in [0.5, 0.6) is 0 Å². The van der Waals surface area contributed by atoms with E-state index in [2.05, 4.69) is 51.1 Å². The fraction of sp³-hybridized carbons (Fsp3) is 0.333. The molecule has 0 spiro atoms. The van der Waals surface area contributed by atoms with Gasteiger partial charge in [-0.1, -0.05) is 17.7 Å². The Balaban J connectivity index is 2.20.